The molecule has 2 heteroatoms. The lowest BCUT2D eigenvalue weighted by molar-refractivity contribution is 0.242. The summed E-state index contributed by atoms with van der Waals surface area (Å²) >= 11 is 0. The third kappa shape index (κ3) is 5.23. The van der Waals surface area contributed by atoms with Gasteiger partial charge in [-0.1, -0.05) is 31.9 Å². The molecule has 1 saturated carbocycles. The van der Waals surface area contributed by atoms with Gasteiger partial charge in [-0.05, 0) is 50.3 Å². The first kappa shape index (κ1) is 14.4. The van der Waals surface area contributed by atoms with Gasteiger partial charge in [0.2, 0.25) is 0 Å². The zero-order valence-electron chi connectivity index (χ0n) is 12.5. The predicted molar refractivity (Wildman–Crippen MR) is 80.5 cm³/mol. The highest BCUT2D eigenvalue weighted by Crippen LogP contribution is 2.34. The van der Waals surface area contributed by atoms with E-state index >= 15 is 0 Å². The van der Waals surface area contributed by atoms with Crippen LogP contribution in [0.25, 0.3) is 0 Å². The Labute approximate surface area is 117 Å². The lowest BCUT2D eigenvalue weighted by Crippen LogP contribution is -2.28. The smallest absolute Gasteiger partial charge is 0.119 e. The quantitative estimate of drug-likeness (QED) is 0.759. The van der Waals surface area contributed by atoms with E-state index in [1.54, 1.807) is 0 Å². The van der Waals surface area contributed by atoms with Gasteiger partial charge in [0, 0.05) is 12.6 Å². The molecule has 0 radical (unpaired) electrons. The molecule has 19 heavy (non-hydrogen) atoms. The Bertz CT molecular complexity index is 367. The molecule has 1 fully saturated rings. The summed E-state index contributed by atoms with van der Waals surface area (Å²) in [6.07, 6.45) is 5.71. The summed E-state index contributed by atoms with van der Waals surface area (Å²) in [5, 5.41) is 3.68. The summed E-state index contributed by atoms with van der Waals surface area (Å²) < 4.78 is 5.66. The highest BCUT2D eigenvalue weighted by molar-refractivity contribution is 5.27. The molecule has 0 heterocycles. The van der Waals surface area contributed by atoms with E-state index in [9.17, 15) is 0 Å². The summed E-state index contributed by atoms with van der Waals surface area (Å²) in [7, 11) is 0. The van der Waals surface area contributed by atoms with Gasteiger partial charge in [-0.25, -0.2) is 0 Å². The molecule has 1 aliphatic rings. The Morgan fingerprint density at radius 2 is 1.89 bits per heavy atom. The van der Waals surface area contributed by atoms with E-state index in [2.05, 4.69) is 50.4 Å². The maximum absolute atomic E-state index is 5.66. The maximum atomic E-state index is 5.66. The van der Waals surface area contributed by atoms with Crippen LogP contribution in [-0.2, 0) is 6.54 Å². The van der Waals surface area contributed by atoms with E-state index in [0.717, 1.165) is 18.2 Å². The minimum absolute atomic E-state index is 0.243. The standard InChI is InChI=1S/C17H27NO/c1-4-16(11-14-5-6-14)18-12-15-7-9-17(10-8-15)19-13(2)3/h7-10,13-14,16,18H,4-6,11-12H2,1-3H3. The molecular formula is C17H27NO. The molecule has 0 saturated heterocycles. The van der Waals surface area contributed by atoms with Crippen molar-refractivity contribution in [2.45, 2.75) is 65.1 Å². The molecule has 1 aliphatic carbocycles. The Morgan fingerprint density at radius 3 is 2.42 bits per heavy atom. The van der Waals surface area contributed by atoms with Crippen LogP contribution in [0.5, 0.6) is 5.75 Å². The van der Waals surface area contributed by atoms with Crippen LogP contribution < -0.4 is 10.1 Å². The average Bonchev–Trinajstić information content (AvgIpc) is 3.19. The van der Waals surface area contributed by atoms with Crippen molar-refractivity contribution >= 4 is 0 Å². The fourth-order valence-corrected chi connectivity index (χ4v) is 2.37. The van der Waals surface area contributed by atoms with Gasteiger partial charge in [-0.2, -0.15) is 0 Å². The highest BCUT2D eigenvalue weighted by Gasteiger charge is 2.24. The zero-order valence-corrected chi connectivity index (χ0v) is 12.5. The van der Waals surface area contributed by atoms with Crippen molar-refractivity contribution in [2.24, 2.45) is 5.92 Å². The van der Waals surface area contributed by atoms with Crippen molar-refractivity contribution in [1.82, 2.24) is 5.32 Å². The molecule has 0 aromatic heterocycles. The fraction of sp³-hybridized carbons (Fsp3) is 0.647. The summed E-state index contributed by atoms with van der Waals surface area (Å²) in [4.78, 5) is 0. The molecule has 1 N–H and O–H groups in total. The minimum Gasteiger partial charge on any atom is -0.491 e. The highest BCUT2D eigenvalue weighted by atomic mass is 16.5. The lowest BCUT2D eigenvalue weighted by Gasteiger charge is -2.17. The number of rotatable bonds is 8. The fourth-order valence-electron chi connectivity index (χ4n) is 2.37. The van der Waals surface area contributed by atoms with Crippen LogP contribution >= 0.6 is 0 Å². The minimum atomic E-state index is 0.243. The molecule has 1 aromatic carbocycles. The first-order valence-electron chi connectivity index (χ1n) is 7.66. The second-order valence-corrected chi connectivity index (χ2v) is 5.98. The molecule has 0 amide bonds. The molecule has 1 aromatic rings. The normalized spacial score (nSPS) is 16.6. The van der Waals surface area contributed by atoms with Crippen LogP contribution in [0, 0.1) is 5.92 Å². The lowest BCUT2D eigenvalue weighted by atomic mass is 10.1. The summed E-state index contributed by atoms with van der Waals surface area (Å²) in [5.41, 5.74) is 1.34. The number of ether oxygens (including phenoxy) is 1. The Morgan fingerprint density at radius 1 is 1.21 bits per heavy atom. The summed E-state index contributed by atoms with van der Waals surface area (Å²) in [6.45, 7) is 7.35. The van der Waals surface area contributed by atoms with Gasteiger partial charge in [0.05, 0.1) is 6.10 Å². The van der Waals surface area contributed by atoms with Gasteiger partial charge < -0.3 is 10.1 Å². The first-order valence-corrected chi connectivity index (χ1v) is 7.66. The second kappa shape index (κ2) is 6.95. The number of hydrogen-bond acceptors (Lipinski definition) is 2. The average molecular weight is 261 g/mol. The first-order chi connectivity index (χ1) is 9.17. The van der Waals surface area contributed by atoms with Gasteiger partial charge >= 0.3 is 0 Å². The molecule has 2 nitrogen and oxygen atoms in total. The zero-order chi connectivity index (χ0) is 13.7. The molecule has 0 aliphatic heterocycles. The van der Waals surface area contributed by atoms with Gasteiger partial charge in [0.25, 0.3) is 0 Å². The molecule has 0 bridgehead atoms. The van der Waals surface area contributed by atoms with Crippen molar-refractivity contribution in [2.75, 3.05) is 0 Å². The van der Waals surface area contributed by atoms with Crippen molar-refractivity contribution < 1.29 is 4.74 Å². The molecule has 1 unspecified atom stereocenters. The Hall–Kier alpha value is -1.02. The van der Waals surface area contributed by atoms with E-state index in [-0.39, 0.29) is 6.10 Å². The van der Waals surface area contributed by atoms with Crippen LogP contribution in [0.3, 0.4) is 0 Å². The van der Waals surface area contributed by atoms with Crippen LogP contribution in [0.1, 0.15) is 52.0 Å². The van der Waals surface area contributed by atoms with E-state index < -0.39 is 0 Å². The SMILES string of the molecule is CCC(CC1CC1)NCc1ccc(OC(C)C)cc1. The van der Waals surface area contributed by atoms with Crippen LogP contribution in [0.15, 0.2) is 24.3 Å². The summed E-state index contributed by atoms with van der Waals surface area (Å²) in [6, 6.07) is 9.14. The molecular weight excluding hydrogens is 234 g/mol. The Kier molecular flexibility index (Phi) is 5.26. The maximum Gasteiger partial charge on any atom is 0.119 e. The largest absolute Gasteiger partial charge is 0.491 e. The topological polar surface area (TPSA) is 21.3 Å². The van der Waals surface area contributed by atoms with E-state index in [1.165, 1.54) is 31.2 Å². The van der Waals surface area contributed by atoms with Gasteiger partial charge in [0.1, 0.15) is 5.75 Å². The van der Waals surface area contributed by atoms with Gasteiger partial charge in [-0.15, -0.1) is 0 Å². The predicted octanol–water partition coefficient (Wildman–Crippen LogP) is 4.14. The van der Waals surface area contributed by atoms with Crippen molar-refractivity contribution in [3.8, 4) is 5.75 Å². The third-order valence-corrected chi connectivity index (χ3v) is 3.70. The van der Waals surface area contributed by atoms with E-state index in [0.29, 0.717) is 6.04 Å². The number of benzene rings is 1. The second-order valence-electron chi connectivity index (χ2n) is 5.98. The van der Waals surface area contributed by atoms with E-state index in [4.69, 9.17) is 4.74 Å². The Balaban J connectivity index is 1.77. The number of nitrogens with one attached hydrogen (secondary N) is 1. The number of hydrogen-bond donors (Lipinski definition) is 1. The van der Waals surface area contributed by atoms with Crippen LogP contribution in [-0.4, -0.2) is 12.1 Å². The van der Waals surface area contributed by atoms with Gasteiger partial charge in [-0.3, -0.25) is 0 Å². The third-order valence-electron chi connectivity index (χ3n) is 3.70. The monoisotopic (exact) mass is 261 g/mol. The van der Waals surface area contributed by atoms with Gasteiger partial charge in [0.15, 0.2) is 0 Å². The molecule has 1 atom stereocenters. The molecule has 2 rings (SSSR count). The van der Waals surface area contributed by atoms with Crippen LogP contribution in [0.2, 0.25) is 0 Å². The summed E-state index contributed by atoms with van der Waals surface area (Å²) in [5.74, 6) is 1.96. The van der Waals surface area contributed by atoms with E-state index in [1.807, 2.05) is 0 Å². The molecule has 0 spiro atoms. The van der Waals surface area contributed by atoms with Crippen molar-refractivity contribution in [3.05, 3.63) is 29.8 Å². The molecule has 106 valence electrons. The van der Waals surface area contributed by atoms with Crippen molar-refractivity contribution in [3.63, 3.8) is 0 Å². The van der Waals surface area contributed by atoms with Crippen molar-refractivity contribution in [1.29, 1.82) is 0 Å². The van der Waals surface area contributed by atoms with Crippen LogP contribution in [0.4, 0.5) is 0 Å².